The second-order valence-electron chi connectivity index (χ2n) is 16.8. The van der Waals surface area contributed by atoms with Crippen LogP contribution in [0.3, 0.4) is 0 Å². The predicted molar refractivity (Wildman–Crippen MR) is 226 cm³/mol. The minimum Gasteiger partial charge on any atom is -0.247 e. The minimum atomic E-state index is 0.617. The Labute approximate surface area is 316 Å². The lowest BCUT2D eigenvalue weighted by Gasteiger charge is -2.17. The first-order valence-corrected chi connectivity index (χ1v) is 23.8. The fourth-order valence-corrected chi connectivity index (χ4v) is 8.37. The van der Waals surface area contributed by atoms with Crippen molar-refractivity contribution in [2.24, 2.45) is 0 Å². The van der Waals surface area contributed by atoms with Gasteiger partial charge in [-0.1, -0.05) is 245 Å². The minimum absolute atomic E-state index is 0.617. The lowest BCUT2D eigenvalue weighted by Crippen LogP contribution is -2.41. The second-order valence-corrected chi connectivity index (χ2v) is 16.8. The first-order chi connectivity index (χ1) is 24.7. The molecule has 1 rings (SSSR count). The quantitative estimate of drug-likeness (QED) is 0.0518. The number of aromatic amines is 1. The largest absolute Gasteiger partial charge is 0.257 e. The van der Waals surface area contributed by atoms with Crippen LogP contribution in [0, 0.1) is 0 Å². The van der Waals surface area contributed by atoms with Crippen LogP contribution in [0.1, 0.15) is 296 Å². The summed E-state index contributed by atoms with van der Waals surface area (Å²) in [6, 6.07) is 0.617. The molecule has 0 spiro atoms. The molecular formula is C48H95N2+. The van der Waals surface area contributed by atoms with Crippen molar-refractivity contribution in [1.29, 1.82) is 0 Å². The number of aromatic nitrogens is 2. The Bertz CT molecular complexity index is 768. The Morgan fingerprint density at radius 2 is 0.640 bits per heavy atom. The van der Waals surface area contributed by atoms with Crippen molar-refractivity contribution < 1.29 is 4.57 Å². The van der Waals surface area contributed by atoms with Crippen molar-refractivity contribution in [3.05, 3.63) is 18.2 Å². The Kier molecular flexibility index (Phi) is 35.8. The number of nitrogens with zero attached hydrogens (tertiary/aromatic N) is 1. The van der Waals surface area contributed by atoms with Gasteiger partial charge in [-0.2, -0.15) is 0 Å². The van der Waals surface area contributed by atoms with Crippen LogP contribution in [-0.2, 0) is 0 Å². The Hall–Kier alpha value is -0.790. The average Bonchev–Trinajstić information content (AvgIpc) is 3.62. The number of nitrogens with one attached hydrogen (secondary N) is 1. The number of hydrogen-bond donors (Lipinski definition) is 1. The lowest BCUT2D eigenvalue weighted by atomic mass is 9.92. The van der Waals surface area contributed by atoms with Crippen LogP contribution in [0.5, 0.6) is 0 Å². The van der Waals surface area contributed by atoms with Gasteiger partial charge >= 0.3 is 0 Å². The van der Waals surface area contributed by atoms with Crippen LogP contribution < -0.4 is 4.57 Å². The summed E-state index contributed by atoms with van der Waals surface area (Å²) in [7, 11) is 0. The van der Waals surface area contributed by atoms with Gasteiger partial charge in [0.1, 0.15) is 12.4 Å². The molecule has 50 heavy (non-hydrogen) atoms. The molecule has 0 bridgehead atoms. The van der Waals surface area contributed by atoms with E-state index in [0.717, 1.165) is 0 Å². The summed E-state index contributed by atoms with van der Waals surface area (Å²) in [5, 5.41) is 0. The number of unbranched alkanes of at least 4 members (excludes halogenated alkanes) is 33. The Morgan fingerprint density at radius 3 is 0.960 bits per heavy atom. The van der Waals surface area contributed by atoms with Gasteiger partial charge in [0.2, 0.25) is 0 Å². The molecule has 0 aliphatic rings. The summed E-state index contributed by atoms with van der Waals surface area (Å²) in [6.07, 6.45) is 60.7. The number of rotatable bonds is 41. The van der Waals surface area contributed by atoms with Gasteiger partial charge < -0.3 is 0 Å². The molecule has 0 amide bonds. The fourth-order valence-electron chi connectivity index (χ4n) is 8.37. The molecule has 296 valence electrons. The summed E-state index contributed by atoms with van der Waals surface area (Å²) >= 11 is 0. The molecule has 1 aromatic heterocycles. The van der Waals surface area contributed by atoms with Gasteiger partial charge in [0.05, 0.1) is 12.0 Å². The van der Waals surface area contributed by atoms with Crippen molar-refractivity contribution in [2.45, 2.75) is 290 Å². The van der Waals surface area contributed by atoms with Gasteiger partial charge in [-0.25, -0.2) is 9.55 Å². The third-order valence-electron chi connectivity index (χ3n) is 11.9. The molecule has 0 saturated heterocycles. The van der Waals surface area contributed by atoms with E-state index in [1.807, 2.05) is 0 Å². The van der Waals surface area contributed by atoms with Crippen LogP contribution >= 0.6 is 0 Å². The number of H-pyrrole nitrogens is 1. The standard InChI is InChI=1S/C48H94N2/c1-5-8-11-13-15-17-19-21-23-25-27-29-31-33-35-37-40-43-47(48-49-44-45-50(48)46(4)41-38-10-7-3)42-39-36-34-32-30-28-26-24-22-20-18-16-14-12-9-6-2/h44-47H,5-43H2,1-4H3/p+1. The van der Waals surface area contributed by atoms with E-state index < -0.39 is 0 Å². The van der Waals surface area contributed by atoms with E-state index in [9.17, 15) is 0 Å². The Morgan fingerprint density at radius 1 is 0.380 bits per heavy atom. The summed E-state index contributed by atoms with van der Waals surface area (Å²) in [6.45, 7) is 9.41. The molecule has 2 heteroatoms. The molecular weight excluding hydrogens is 605 g/mol. The zero-order valence-corrected chi connectivity index (χ0v) is 35.3. The maximum atomic E-state index is 3.75. The van der Waals surface area contributed by atoms with Crippen molar-refractivity contribution in [1.82, 2.24) is 4.98 Å². The SMILES string of the molecule is CCCCCCCCCCCCCCCCCCCC(CCCCCCCCCCCCCCCCCC)c1[nH]cc[n+]1C(C)CCCCC. The van der Waals surface area contributed by atoms with E-state index in [2.05, 4.69) is 49.6 Å². The predicted octanol–water partition coefficient (Wildman–Crippen LogP) is 17.2. The highest BCUT2D eigenvalue weighted by atomic mass is 15.1. The highest BCUT2D eigenvalue weighted by Gasteiger charge is 2.25. The molecule has 2 nitrogen and oxygen atoms in total. The van der Waals surface area contributed by atoms with Gasteiger partial charge in [-0.3, -0.25) is 0 Å². The molecule has 0 radical (unpaired) electrons. The molecule has 2 unspecified atom stereocenters. The highest BCUT2D eigenvalue weighted by Crippen LogP contribution is 2.27. The van der Waals surface area contributed by atoms with Gasteiger partial charge in [-0.05, 0) is 32.6 Å². The lowest BCUT2D eigenvalue weighted by molar-refractivity contribution is -0.727. The highest BCUT2D eigenvalue weighted by molar-refractivity contribution is 4.90. The maximum absolute atomic E-state index is 3.75. The van der Waals surface area contributed by atoms with Crippen LogP contribution in [0.15, 0.2) is 12.4 Å². The molecule has 0 aromatic carbocycles. The smallest absolute Gasteiger partial charge is 0.247 e. The van der Waals surface area contributed by atoms with Crippen LogP contribution in [0.25, 0.3) is 0 Å². The zero-order chi connectivity index (χ0) is 36.0. The molecule has 1 aromatic rings. The number of hydrogen-bond acceptors (Lipinski definition) is 0. The molecule has 2 atom stereocenters. The summed E-state index contributed by atoms with van der Waals surface area (Å²) in [5.41, 5.74) is 0. The molecule has 0 aliphatic heterocycles. The molecule has 0 saturated carbocycles. The fraction of sp³-hybridized carbons (Fsp3) is 0.938. The van der Waals surface area contributed by atoms with Gasteiger partial charge in [-0.15, -0.1) is 0 Å². The summed E-state index contributed by atoms with van der Waals surface area (Å²) in [4.78, 5) is 3.75. The van der Waals surface area contributed by atoms with E-state index >= 15 is 0 Å². The summed E-state index contributed by atoms with van der Waals surface area (Å²) < 4.78 is 2.63. The van der Waals surface area contributed by atoms with Gasteiger partial charge in [0.15, 0.2) is 0 Å². The second kappa shape index (κ2) is 38.0. The van der Waals surface area contributed by atoms with E-state index in [-0.39, 0.29) is 0 Å². The molecule has 0 fully saturated rings. The third kappa shape index (κ3) is 28.8. The van der Waals surface area contributed by atoms with Crippen molar-refractivity contribution >= 4 is 0 Å². The van der Waals surface area contributed by atoms with Crippen molar-refractivity contribution in [3.63, 3.8) is 0 Å². The first-order valence-electron chi connectivity index (χ1n) is 23.8. The average molecular weight is 700 g/mol. The van der Waals surface area contributed by atoms with Gasteiger partial charge in [0.25, 0.3) is 5.82 Å². The van der Waals surface area contributed by atoms with E-state index in [1.54, 1.807) is 0 Å². The zero-order valence-electron chi connectivity index (χ0n) is 35.3. The molecule has 1 heterocycles. The van der Waals surface area contributed by atoms with Crippen LogP contribution in [-0.4, -0.2) is 4.98 Å². The van der Waals surface area contributed by atoms with E-state index in [0.29, 0.717) is 12.0 Å². The Balaban J connectivity index is 2.22. The topological polar surface area (TPSA) is 19.7 Å². The molecule has 1 N–H and O–H groups in total. The maximum Gasteiger partial charge on any atom is 0.257 e. The number of imidazole rings is 1. The van der Waals surface area contributed by atoms with Crippen molar-refractivity contribution in [3.8, 4) is 0 Å². The van der Waals surface area contributed by atoms with Crippen LogP contribution in [0.2, 0.25) is 0 Å². The normalized spacial score (nSPS) is 13.0. The van der Waals surface area contributed by atoms with Crippen LogP contribution in [0.4, 0.5) is 0 Å². The monoisotopic (exact) mass is 700 g/mol. The third-order valence-corrected chi connectivity index (χ3v) is 11.9. The first kappa shape index (κ1) is 47.2. The van der Waals surface area contributed by atoms with Gasteiger partial charge in [0, 0.05) is 0 Å². The van der Waals surface area contributed by atoms with E-state index in [4.69, 9.17) is 0 Å². The summed E-state index contributed by atoms with van der Waals surface area (Å²) in [5.74, 6) is 2.24. The molecule has 0 aliphatic carbocycles. The van der Waals surface area contributed by atoms with Crippen molar-refractivity contribution in [2.75, 3.05) is 0 Å². The van der Waals surface area contributed by atoms with E-state index in [1.165, 1.54) is 256 Å².